The topological polar surface area (TPSA) is 60.9 Å². The Morgan fingerprint density at radius 1 is 1.25 bits per heavy atom. The van der Waals surface area contributed by atoms with Gasteiger partial charge in [-0.25, -0.2) is 4.79 Å². The maximum Gasteiger partial charge on any atom is 0.323 e. The molecule has 5 nitrogen and oxygen atoms in total. The Morgan fingerprint density at radius 3 is 2.50 bits per heavy atom. The smallest absolute Gasteiger partial charge is 0.323 e. The Bertz CT molecular complexity index is 372. The van der Waals surface area contributed by atoms with Gasteiger partial charge in [0.25, 0.3) is 0 Å². The van der Waals surface area contributed by atoms with Gasteiger partial charge in [-0.3, -0.25) is 4.79 Å². The van der Waals surface area contributed by atoms with E-state index in [9.17, 15) is 9.59 Å². The second-order valence-electron chi connectivity index (χ2n) is 6.41. The van der Waals surface area contributed by atoms with Crippen LogP contribution in [0.5, 0.6) is 0 Å². The van der Waals surface area contributed by atoms with Crippen molar-refractivity contribution in [3.63, 3.8) is 0 Å². The quantitative estimate of drug-likeness (QED) is 0.813. The van der Waals surface area contributed by atoms with Crippen molar-refractivity contribution in [2.24, 2.45) is 17.8 Å². The van der Waals surface area contributed by atoms with E-state index in [1.807, 2.05) is 6.92 Å². The number of rotatable bonds is 6. The summed E-state index contributed by atoms with van der Waals surface area (Å²) < 4.78 is 0. The highest BCUT2D eigenvalue weighted by atomic mass is 16.4. The van der Waals surface area contributed by atoms with E-state index in [0.717, 1.165) is 24.8 Å². The van der Waals surface area contributed by atoms with E-state index in [-0.39, 0.29) is 12.6 Å². The van der Waals surface area contributed by atoms with Gasteiger partial charge in [-0.1, -0.05) is 13.3 Å². The lowest BCUT2D eigenvalue weighted by atomic mass is 9.88. The van der Waals surface area contributed by atoms with E-state index in [1.54, 1.807) is 11.9 Å². The fourth-order valence-corrected chi connectivity index (χ4v) is 3.95. The molecule has 0 spiro atoms. The van der Waals surface area contributed by atoms with Gasteiger partial charge >= 0.3 is 12.0 Å². The monoisotopic (exact) mass is 282 g/mol. The first-order valence-corrected chi connectivity index (χ1v) is 7.73. The molecule has 2 rings (SSSR count). The van der Waals surface area contributed by atoms with Gasteiger partial charge in [0.1, 0.15) is 6.54 Å². The number of hydrogen-bond acceptors (Lipinski definition) is 2. The van der Waals surface area contributed by atoms with Crippen LogP contribution in [-0.4, -0.2) is 53.6 Å². The predicted octanol–water partition coefficient (Wildman–Crippen LogP) is 2.27. The van der Waals surface area contributed by atoms with Gasteiger partial charge in [0.05, 0.1) is 0 Å². The molecule has 0 radical (unpaired) electrons. The van der Waals surface area contributed by atoms with Gasteiger partial charge in [0.15, 0.2) is 0 Å². The van der Waals surface area contributed by atoms with Crippen molar-refractivity contribution in [2.45, 2.75) is 39.0 Å². The van der Waals surface area contributed by atoms with Gasteiger partial charge in [-0.2, -0.15) is 0 Å². The summed E-state index contributed by atoms with van der Waals surface area (Å²) in [5, 5.41) is 8.90. The molecule has 3 unspecified atom stereocenters. The normalized spacial score (nSPS) is 27.6. The number of amides is 2. The number of aliphatic carboxylic acids is 1. The number of hydrogen-bond donors (Lipinski definition) is 1. The van der Waals surface area contributed by atoms with Gasteiger partial charge in [0.2, 0.25) is 0 Å². The minimum Gasteiger partial charge on any atom is -0.480 e. The molecule has 0 aliphatic heterocycles. The van der Waals surface area contributed by atoms with Crippen LogP contribution in [0.2, 0.25) is 0 Å². The highest BCUT2D eigenvalue weighted by molar-refractivity contribution is 5.80. The number of carboxylic acids is 1. The highest BCUT2D eigenvalue weighted by Crippen LogP contribution is 2.48. The third kappa shape index (κ3) is 3.44. The molecule has 0 heterocycles. The van der Waals surface area contributed by atoms with Crippen LogP contribution in [0.3, 0.4) is 0 Å². The van der Waals surface area contributed by atoms with E-state index >= 15 is 0 Å². The lowest BCUT2D eigenvalue weighted by molar-refractivity contribution is -0.137. The van der Waals surface area contributed by atoms with E-state index in [0.29, 0.717) is 12.5 Å². The Labute approximate surface area is 120 Å². The average Bonchev–Trinajstić information content (AvgIpc) is 2.99. The first kappa shape index (κ1) is 15.1. The molecule has 114 valence electrons. The summed E-state index contributed by atoms with van der Waals surface area (Å²) in [6.07, 6.45) is 6.03. The predicted molar refractivity (Wildman–Crippen MR) is 76.5 cm³/mol. The molecule has 1 N–H and O–H groups in total. The Hall–Kier alpha value is -1.26. The zero-order valence-electron chi connectivity index (χ0n) is 12.5. The van der Waals surface area contributed by atoms with Gasteiger partial charge in [0, 0.05) is 20.1 Å². The molecule has 20 heavy (non-hydrogen) atoms. The number of urea groups is 1. The third-order valence-electron chi connectivity index (χ3n) is 4.81. The van der Waals surface area contributed by atoms with Crippen LogP contribution in [0, 0.1) is 17.8 Å². The van der Waals surface area contributed by atoms with Crippen molar-refractivity contribution in [2.75, 3.05) is 26.7 Å². The molecule has 2 aliphatic rings. The zero-order chi connectivity index (χ0) is 14.7. The van der Waals surface area contributed by atoms with Crippen molar-refractivity contribution in [3.05, 3.63) is 0 Å². The molecule has 5 heteroatoms. The van der Waals surface area contributed by atoms with E-state index < -0.39 is 5.97 Å². The van der Waals surface area contributed by atoms with Crippen molar-refractivity contribution < 1.29 is 14.7 Å². The molecule has 3 atom stereocenters. The van der Waals surface area contributed by atoms with Gasteiger partial charge in [-0.15, -0.1) is 0 Å². The second-order valence-corrected chi connectivity index (χ2v) is 6.41. The van der Waals surface area contributed by atoms with Gasteiger partial charge < -0.3 is 14.9 Å². The molecule has 0 saturated heterocycles. The summed E-state index contributed by atoms with van der Waals surface area (Å²) in [5.41, 5.74) is 0. The summed E-state index contributed by atoms with van der Waals surface area (Å²) >= 11 is 0. The van der Waals surface area contributed by atoms with E-state index in [1.165, 1.54) is 30.6 Å². The highest BCUT2D eigenvalue weighted by Gasteiger charge is 2.40. The molecule has 0 aromatic carbocycles. The Morgan fingerprint density at radius 2 is 2.00 bits per heavy atom. The fourth-order valence-electron chi connectivity index (χ4n) is 3.95. The van der Waals surface area contributed by atoms with Crippen molar-refractivity contribution in [1.82, 2.24) is 9.80 Å². The van der Waals surface area contributed by atoms with Crippen LogP contribution in [-0.2, 0) is 4.79 Å². The molecular weight excluding hydrogens is 256 g/mol. The van der Waals surface area contributed by atoms with Gasteiger partial charge in [-0.05, 0) is 43.4 Å². The number of carbonyl (C=O) groups excluding carboxylic acids is 1. The zero-order valence-corrected chi connectivity index (χ0v) is 12.5. The summed E-state index contributed by atoms with van der Waals surface area (Å²) in [4.78, 5) is 26.4. The Balaban J connectivity index is 1.87. The molecule has 2 amide bonds. The number of fused-ring (bicyclic) bond motifs is 2. The lowest BCUT2D eigenvalue weighted by Gasteiger charge is -2.31. The average molecular weight is 282 g/mol. The van der Waals surface area contributed by atoms with Crippen LogP contribution < -0.4 is 0 Å². The summed E-state index contributed by atoms with van der Waals surface area (Å²) in [6, 6.07) is -0.142. The van der Waals surface area contributed by atoms with Crippen LogP contribution >= 0.6 is 0 Å². The van der Waals surface area contributed by atoms with Crippen LogP contribution in [0.25, 0.3) is 0 Å². The third-order valence-corrected chi connectivity index (χ3v) is 4.81. The minimum atomic E-state index is -0.944. The molecule has 0 aromatic rings. The molecule has 0 aromatic heterocycles. The number of carbonyl (C=O) groups is 2. The van der Waals surface area contributed by atoms with E-state index in [4.69, 9.17) is 5.11 Å². The number of carboxylic acid groups (broad SMARTS) is 1. The lowest BCUT2D eigenvalue weighted by Crippen LogP contribution is -2.46. The van der Waals surface area contributed by atoms with E-state index in [2.05, 4.69) is 0 Å². The molecule has 2 bridgehead atoms. The maximum absolute atomic E-state index is 12.4. The summed E-state index contributed by atoms with van der Waals surface area (Å²) in [7, 11) is 1.80. The fraction of sp³-hybridized carbons (Fsp3) is 0.867. The molecule has 2 fully saturated rings. The molecule has 2 aliphatic carbocycles. The minimum absolute atomic E-state index is 0.142. The standard InChI is InChI=1S/C15H26N2O3/c1-3-6-17(10-14(18)19)15(20)16(2)9-13-8-11-4-5-12(13)7-11/h11-13H,3-10H2,1-2H3,(H,18,19). The van der Waals surface area contributed by atoms with Crippen LogP contribution in [0.1, 0.15) is 39.0 Å². The maximum atomic E-state index is 12.4. The van der Waals surface area contributed by atoms with Crippen LogP contribution in [0.4, 0.5) is 4.79 Å². The summed E-state index contributed by atoms with van der Waals surface area (Å²) in [5.74, 6) is 1.34. The van der Waals surface area contributed by atoms with Crippen molar-refractivity contribution >= 4 is 12.0 Å². The SMILES string of the molecule is CCCN(CC(=O)O)C(=O)N(C)CC1CC2CCC1C2. The summed E-state index contributed by atoms with van der Waals surface area (Å²) in [6.45, 7) is 3.04. The first-order chi connectivity index (χ1) is 9.51. The Kier molecular flexibility index (Phi) is 4.89. The van der Waals surface area contributed by atoms with Crippen molar-refractivity contribution in [1.29, 1.82) is 0 Å². The number of nitrogens with zero attached hydrogens (tertiary/aromatic N) is 2. The van der Waals surface area contributed by atoms with Crippen LogP contribution in [0.15, 0.2) is 0 Å². The largest absolute Gasteiger partial charge is 0.480 e. The molecule has 2 saturated carbocycles. The molecular formula is C15H26N2O3. The van der Waals surface area contributed by atoms with Crippen molar-refractivity contribution in [3.8, 4) is 0 Å². The first-order valence-electron chi connectivity index (χ1n) is 7.73. The second kappa shape index (κ2) is 6.46.